The van der Waals surface area contributed by atoms with Crippen molar-refractivity contribution < 1.29 is 0 Å². The molecule has 0 radical (unpaired) electrons. The van der Waals surface area contributed by atoms with Crippen LogP contribution in [-0.4, -0.2) is 26.2 Å². The molecule has 18 heavy (non-hydrogen) atoms. The van der Waals surface area contributed by atoms with Crippen molar-refractivity contribution in [3.63, 3.8) is 0 Å². The summed E-state index contributed by atoms with van der Waals surface area (Å²) in [7, 11) is 0. The van der Waals surface area contributed by atoms with E-state index in [9.17, 15) is 0 Å². The zero-order chi connectivity index (χ0) is 13.6. The van der Waals surface area contributed by atoms with Gasteiger partial charge in [-0.2, -0.15) is 0 Å². The molecule has 0 heterocycles. The summed E-state index contributed by atoms with van der Waals surface area (Å²) in [5.74, 6) is 0. The molecular formula is C16H30N2. The number of nitrogens with zero attached hydrogens (tertiary/aromatic N) is 1. The second-order valence-corrected chi connectivity index (χ2v) is 4.28. The van der Waals surface area contributed by atoms with E-state index in [2.05, 4.69) is 68.2 Å². The van der Waals surface area contributed by atoms with E-state index < -0.39 is 0 Å². The third-order valence-corrected chi connectivity index (χ3v) is 2.61. The maximum absolute atomic E-state index is 3.11. The SMILES string of the molecule is CCCN(CCC)c1ccccc1.CCNCC. The molecule has 0 unspecified atom stereocenters. The Labute approximate surface area is 113 Å². The number of nitrogens with one attached hydrogen (secondary N) is 1. The number of benzene rings is 1. The highest BCUT2D eigenvalue weighted by atomic mass is 15.1. The molecule has 1 aromatic carbocycles. The highest BCUT2D eigenvalue weighted by molar-refractivity contribution is 5.45. The van der Waals surface area contributed by atoms with Crippen molar-refractivity contribution in [2.75, 3.05) is 31.1 Å². The van der Waals surface area contributed by atoms with Gasteiger partial charge in [0, 0.05) is 18.8 Å². The Balaban J connectivity index is 0.000000494. The molecule has 0 amide bonds. The third kappa shape index (κ3) is 8.13. The molecule has 0 aromatic heterocycles. The molecule has 0 atom stereocenters. The second-order valence-electron chi connectivity index (χ2n) is 4.28. The van der Waals surface area contributed by atoms with Gasteiger partial charge in [-0.25, -0.2) is 0 Å². The summed E-state index contributed by atoms with van der Waals surface area (Å²) in [6.45, 7) is 13.2. The first-order valence-corrected chi connectivity index (χ1v) is 7.30. The fourth-order valence-corrected chi connectivity index (χ4v) is 1.80. The van der Waals surface area contributed by atoms with Gasteiger partial charge in [0.25, 0.3) is 0 Å². The van der Waals surface area contributed by atoms with E-state index in [0.717, 1.165) is 26.2 Å². The summed E-state index contributed by atoms with van der Waals surface area (Å²) in [6.07, 6.45) is 2.43. The number of para-hydroxylation sites is 1. The van der Waals surface area contributed by atoms with Crippen LogP contribution in [0.1, 0.15) is 40.5 Å². The van der Waals surface area contributed by atoms with E-state index in [1.807, 2.05) is 0 Å². The molecule has 1 aromatic rings. The van der Waals surface area contributed by atoms with Crippen molar-refractivity contribution >= 4 is 5.69 Å². The summed E-state index contributed by atoms with van der Waals surface area (Å²) >= 11 is 0. The zero-order valence-electron chi connectivity index (χ0n) is 12.6. The van der Waals surface area contributed by atoms with E-state index in [4.69, 9.17) is 0 Å². The van der Waals surface area contributed by atoms with Crippen LogP contribution in [0.15, 0.2) is 30.3 Å². The van der Waals surface area contributed by atoms with Crippen LogP contribution in [0.2, 0.25) is 0 Å². The summed E-state index contributed by atoms with van der Waals surface area (Å²) in [5, 5.41) is 3.11. The normalized spacial score (nSPS) is 9.56. The Bertz CT molecular complexity index is 251. The zero-order valence-corrected chi connectivity index (χ0v) is 12.6. The van der Waals surface area contributed by atoms with Crippen molar-refractivity contribution in [1.29, 1.82) is 0 Å². The molecule has 0 fully saturated rings. The molecule has 1 N–H and O–H groups in total. The van der Waals surface area contributed by atoms with Crippen LogP contribution in [0, 0.1) is 0 Å². The molecule has 0 spiro atoms. The second kappa shape index (κ2) is 12.4. The number of anilines is 1. The van der Waals surface area contributed by atoms with Gasteiger partial charge in [-0.3, -0.25) is 0 Å². The summed E-state index contributed by atoms with van der Waals surface area (Å²) in [6, 6.07) is 10.7. The van der Waals surface area contributed by atoms with Gasteiger partial charge >= 0.3 is 0 Å². The Kier molecular flexibility index (Phi) is 11.7. The number of rotatable bonds is 7. The van der Waals surface area contributed by atoms with Gasteiger partial charge in [-0.15, -0.1) is 0 Å². The minimum Gasteiger partial charge on any atom is -0.372 e. The largest absolute Gasteiger partial charge is 0.372 e. The van der Waals surface area contributed by atoms with Gasteiger partial charge < -0.3 is 10.2 Å². The molecule has 0 bridgehead atoms. The highest BCUT2D eigenvalue weighted by Crippen LogP contribution is 2.13. The summed E-state index contributed by atoms with van der Waals surface area (Å²) < 4.78 is 0. The van der Waals surface area contributed by atoms with Gasteiger partial charge in [0.2, 0.25) is 0 Å². The van der Waals surface area contributed by atoms with Gasteiger partial charge in [0.1, 0.15) is 0 Å². The summed E-state index contributed by atoms with van der Waals surface area (Å²) in [5.41, 5.74) is 1.35. The highest BCUT2D eigenvalue weighted by Gasteiger charge is 2.01. The van der Waals surface area contributed by atoms with Crippen LogP contribution in [0.4, 0.5) is 5.69 Å². The van der Waals surface area contributed by atoms with Crippen molar-refractivity contribution in [3.8, 4) is 0 Å². The van der Waals surface area contributed by atoms with E-state index in [0.29, 0.717) is 0 Å². The maximum atomic E-state index is 3.11. The molecule has 2 nitrogen and oxygen atoms in total. The van der Waals surface area contributed by atoms with Crippen molar-refractivity contribution in [2.45, 2.75) is 40.5 Å². The molecular weight excluding hydrogens is 220 g/mol. The average molecular weight is 250 g/mol. The Morgan fingerprint density at radius 1 is 0.833 bits per heavy atom. The van der Waals surface area contributed by atoms with Gasteiger partial charge in [-0.05, 0) is 38.1 Å². The van der Waals surface area contributed by atoms with Crippen LogP contribution in [0.5, 0.6) is 0 Å². The fraction of sp³-hybridized carbons (Fsp3) is 0.625. The monoisotopic (exact) mass is 250 g/mol. The third-order valence-electron chi connectivity index (χ3n) is 2.61. The van der Waals surface area contributed by atoms with Gasteiger partial charge in [0.15, 0.2) is 0 Å². The fourth-order valence-electron chi connectivity index (χ4n) is 1.80. The van der Waals surface area contributed by atoms with Crippen molar-refractivity contribution in [1.82, 2.24) is 5.32 Å². The predicted octanol–water partition coefficient (Wildman–Crippen LogP) is 3.93. The molecule has 1 rings (SSSR count). The minimum absolute atomic E-state index is 1.09. The molecule has 0 aliphatic carbocycles. The molecule has 0 aliphatic rings. The smallest absolute Gasteiger partial charge is 0.0366 e. The van der Waals surface area contributed by atoms with Gasteiger partial charge in [-0.1, -0.05) is 45.9 Å². The van der Waals surface area contributed by atoms with Crippen LogP contribution >= 0.6 is 0 Å². The van der Waals surface area contributed by atoms with Gasteiger partial charge in [0.05, 0.1) is 0 Å². The topological polar surface area (TPSA) is 15.3 Å². The first kappa shape index (κ1) is 17.0. The van der Waals surface area contributed by atoms with Crippen LogP contribution in [0.25, 0.3) is 0 Å². The van der Waals surface area contributed by atoms with Crippen LogP contribution in [-0.2, 0) is 0 Å². The Morgan fingerprint density at radius 2 is 1.33 bits per heavy atom. The lowest BCUT2D eigenvalue weighted by Crippen LogP contribution is -2.24. The lowest BCUT2D eigenvalue weighted by Gasteiger charge is -2.23. The molecule has 0 saturated carbocycles. The van der Waals surface area contributed by atoms with Crippen LogP contribution in [0.3, 0.4) is 0 Å². The number of hydrogen-bond donors (Lipinski definition) is 1. The van der Waals surface area contributed by atoms with E-state index >= 15 is 0 Å². The maximum Gasteiger partial charge on any atom is 0.0366 e. The minimum atomic E-state index is 1.09. The van der Waals surface area contributed by atoms with E-state index in [-0.39, 0.29) is 0 Å². The molecule has 0 saturated heterocycles. The Hall–Kier alpha value is -1.02. The first-order chi connectivity index (χ1) is 8.79. The van der Waals surface area contributed by atoms with Crippen LogP contribution < -0.4 is 10.2 Å². The first-order valence-electron chi connectivity index (χ1n) is 7.30. The predicted molar refractivity (Wildman–Crippen MR) is 83.5 cm³/mol. The van der Waals surface area contributed by atoms with E-state index in [1.165, 1.54) is 18.5 Å². The number of hydrogen-bond acceptors (Lipinski definition) is 2. The Morgan fingerprint density at radius 3 is 1.67 bits per heavy atom. The standard InChI is InChI=1S/C12H19N.C4H11N/c1-3-10-13(11-4-2)12-8-6-5-7-9-12;1-3-5-4-2/h5-9H,3-4,10-11H2,1-2H3;5H,3-4H2,1-2H3. The average Bonchev–Trinajstić information content (AvgIpc) is 2.41. The lowest BCUT2D eigenvalue weighted by atomic mass is 10.2. The summed E-state index contributed by atoms with van der Waals surface area (Å²) in [4.78, 5) is 2.44. The lowest BCUT2D eigenvalue weighted by molar-refractivity contribution is 0.745. The van der Waals surface area contributed by atoms with Crippen molar-refractivity contribution in [2.24, 2.45) is 0 Å². The quantitative estimate of drug-likeness (QED) is 0.789. The molecule has 104 valence electrons. The molecule has 2 heteroatoms. The molecule has 0 aliphatic heterocycles. The van der Waals surface area contributed by atoms with E-state index in [1.54, 1.807) is 0 Å². The van der Waals surface area contributed by atoms with Crippen molar-refractivity contribution in [3.05, 3.63) is 30.3 Å².